The number of amides is 1. The van der Waals surface area contributed by atoms with Gasteiger partial charge in [0.05, 0.1) is 0 Å². The Morgan fingerprint density at radius 1 is 1.46 bits per heavy atom. The number of nitrogens with zero attached hydrogens (tertiary/aromatic N) is 2. The smallest absolute Gasteiger partial charge is 0.273 e. The molecule has 7 nitrogen and oxygen atoms in total. The summed E-state index contributed by atoms with van der Waals surface area (Å²) in [7, 11) is -3.55. The van der Waals surface area contributed by atoms with Gasteiger partial charge in [0.1, 0.15) is 9.97 Å². The quantitative estimate of drug-likeness (QED) is 0.867. The van der Waals surface area contributed by atoms with Gasteiger partial charge in [-0.15, -0.1) is 11.3 Å². The average Bonchev–Trinajstić information content (AvgIpc) is 3.07. The first-order valence-corrected chi connectivity index (χ1v) is 10.2. The molecule has 3 heterocycles. The summed E-state index contributed by atoms with van der Waals surface area (Å²) in [6.07, 6.45) is 2.71. The van der Waals surface area contributed by atoms with E-state index >= 15 is 0 Å². The highest BCUT2D eigenvalue weighted by Crippen LogP contribution is 2.30. The fraction of sp³-hybridized carbons (Fsp3) is 0.467. The lowest BCUT2D eigenvalue weighted by Gasteiger charge is -2.24. The van der Waals surface area contributed by atoms with Gasteiger partial charge in [-0.05, 0) is 30.2 Å². The van der Waals surface area contributed by atoms with Crippen molar-refractivity contribution < 1.29 is 17.7 Å². The number of aromatic nitrogens is 1. The fourth-order valence-corrected chi connectivity index (χ4v) is 5.30. The second kappa shape index (κ2) is 5.98. The van der Waals surface area contributed by atoms with Gasteiger partial charge < -0.3 is 9.84 Å². The highest BCUT2D eigenvalue weighted by Gasteiger charge is 2.34. The number of rotatable bonds is 5. The summed E-state index contributed by atoms with van der Waals surface area (Å²) >= 11 is 1.19. The zero-order valence-electron chi connectivity index (χ0n) is 12.9. The summed E-state index contributed by atoms with van der Waals surface area (Å²) in [6.45, 7) is 1.08. The third kappa shape index (κ3) is 2.87. The number of carbonyl (C=O) groups excluding carboxylic acids is 1. The minimum atomic E-state index is -3.55. The topological polar surface area (TPSA) is 92.5 Å². The molecule has 0 aromatic carbocycles. The minimum absolute atomic E-state index is 0.116. The predicted octanol–water partition coefficient (Wildman–Crippen LogP) is 1.62. The summed E-state index contributed by atoms with van der Waals surface area (Å²) in [4.78, 5) is 12.3. The second-order valence-electron chi connectivity index (χ2n) is 6.11. The van der Waals surface area contributed by atoms with Crippen molar-refractivity contribution in [3.63, 3.8) is 0 Å². The lowest BCUT2D eigenvalue weighted by Crippen LogP contribution is -2.36. The molecule has 0 unspecified atom stereocenters. The molecule has 0 spiro atoms. The predicted molar refractivity (Wildman–Crippen MR) is 87.2 cm³/mol. The molecule has 0 saturated heterocycles. The third-order valence-corrected chi connectivity index (χ3v) is 7.56. The van der Waals surface area contributed by atoms with Crippen LogP contribution in [-0.2, 0) is 23.0 Å². The Labute approximate surface area is 143 Å². The Bertz CT molecular complexity index is 853. The van der Waals surface area contributed by atoms with Crippen molar-refractivity contribution >= 4 is 27.3 Å². The number of thiophene rings is 1. The normalized spacial score (nSPS) is 18.3. The highest BCUT2D eigenvalue weighted by molar-refractivity contribution is 7.91. The molecule has 24 heavy (non-hydrogen) atoms. The van der Waals surface area contributed by atoms with Crippen molar-refractivity contribution in [2.45, 2.75) is 30.0 Å². The van der Waals surface area contributed by atoms with Crippen LogP contribution < -0.4 is 5.32 Å². The van der Waals surface area contributed by atoms with E-state index in [0.717, 1.165) is 12.8 Å². The van der Waals surface area contributed by atoms with Gasteiger partial charge in [-0.1, -0.05) is 11.2 Å². The summed E-state index contributed by atoms with van der Waals surface area (Å²) in [5.74, 6) is 0.874. The summed E-state index contributed by atoms with van der Waals surface area (Å²) in [5, 5.41) is 8.45. The van der Waals surface area contributed by atoms with Crippen molar-refractivity contribution in [3.8, 4) is 0 Å². The average molecular weight is 367 g/mol. The molecule has 2 aliphatic rings. The minimum Gasteiger partial charge on any atom is -0.360 e. The molecular formula is C15H17N3O4S2. The first-order chi connectivity index (χ1) is 11.6. The molecule has 1 N–H and O–H groups in total. The molecule has 2 aromatic rings. The highest BCUT2D eigenvalue weighted by atomic mass is 32.2. The van der Waals surface area contributed by atoms with Crippen molar-refractivity contribution in [1.29, 1.82) is 0 Å². The fourth-order valence-electron chi connectivity index (χ4n) is 2.75. The lowest BCUT2D eigenvalue weighted by atomic mass is 10.1. The Hall–Kier alpha value is -1.71. The molecule has 1 aliphatic heterocycles. The van der Waals surface area contributed by atoms with Gasteiger partial charge in [-0.2, -0.15) is 4.31 Å². The Balaban J connectivity index is 1.55. The molecule has 0 bridgehead atoms. The lowest BCUT2D eigenvalue weighted by molar-refractivity contribution is 0.0941. The number of hydrogen-bond acceptors (Lipinski definition) is 6. The standard InChI is InChI=1S/C15H17N3O4S2/c19-15(16-8-10-3-4-10)14-11-9-18(6-5-12(11)22-17-14)24(20,21)13-2-1-7-23-13/h1-2,7,10H,3-6,8-9H2,(H,16,19). The number of carbonyl (C=O) groups is 1. The van der Waals surface area contributed by atoms with Gasteiger partial charge in [-0.25, -0.2) is 8.42 Å². The largest absolute Gasteiger partial charge is 0.360 e. The van der Waals surface area contributed by atoms with E-state index in [4.69, 9.17) is 4.52 Å². The molecule has 9 heteroatoms. The van der Waals surface area contributed by atoms with Crippen LogP contribution >= 0.6 is 11.3 Å². The van der Waals surface area contributed by atoms with E-state index < -0.39 is 10.0 Å². The zero-order valence-corrected chi connectivity index (χ0v) is 14.5. The monoisotopic (exact) mass is 367 g/mol. The van der Waals surface area contributed by atoms with Crippen LogP contribution in [0.1, 0.15) is 34.7 Å². The molecule has 1 fully saturated rings. The van der Waals surface area contributed by atoms with Crippen LogP contribution in [-0.4, -0.2) is 36.9 Å². The number of sulfonamides is 1. The van der Waals surface area contributed by atoms with Crippen LogP contribution in [0.4, 0.5) is 0 Å². The van der Waals surface area contributed by atoms with E-state index in [-0.39, 0.29) is 18.1 Å². The van der Waals surface area contributed by atoms with Gasteiger partial charge in [-0.3, -0.25) is 4.79 Å². The van der Waals surface area contributed by atoms with Crippen LogP contribution in [0.3, 0.4) is 0 Å². The van der Waals surface area contributed by atoms with Gasteiger partial charge >= 0.3 is 0 Å². The van der Waals surface area contributed by atoms with Crippen molar-refractivity contribution in [3.05, 3.63) is 34.5 Å². The van der Waals surface area contributed by atoms with Gasteiger partial charge in [0.15, 0.2) is 5.69 Å². The summed E-state index contributed by atoms with van der Waals surface area (Å²) < 4.78 is 32.3. The van der Waals surface area contributed by atoms with Gasteiger partial charge in [0, 0.05) is 31.6 Å². The van der Waals surface area contributed by atoms with E-state index in [1.165, 1.54) is 15.6 Å². The molecule has 2 aromatic heterocycles. The number of fused-ring (bicyclic) bond motifs is 1. The van der Waals surface area contributed by atoms with E-state index in [0.29, 0.717) is 41.0 Å². The maximum atomic E-state index is 12.7. The number of hydrogen-bond donors (Lipinski definition) is 1. The van der Waals surface area contributed by atoms with Gasteiger partial charge in [0.25, 0.3) is 15.9 Å². The van der Waals surface area contributed by atoms with Crippen LogP contribution in [0.2, 0.25) is 0 Å². The second-order valence-corrected chi connectivity index (χ2v) is 9.22. The molecule has 1 aliphatic carbocycles. The van der Waals surface area contributed by atoms with Crippen molar-refractivity contribution in [1.82, 2.24) is 14.8 Å². The van der Waals surface area contributed by atoms with Crippen molar-refractivity contribution in [2.24, 2.45) is 5.92 Å². The summed E-state index contributed by atoms with van der Waals surface area (Å²) in [6, 6.07) is 3.30. The third-order valence-electron chi connectivity index (χ3n) is 4.34. The Morgan fingerprint density at radius 3 is 3.00 bits per heavy atom. The first-order valence-electron chi connectivity index (χ1n) is 7.85. The van der Waals surface area contributed by atoms with Crippen LogP contribution in [0.25, 0.3) is 0 Å². The van der Waals surface area contributed by atoms with E-state index in [1.54, 1.807) is 17.5 Å². The van der Waals surface area contributed by atoms with Gasteiger partial charge in [0.2, 0.25) is 0 Å². The zero-order chi connectivity index (χ0) is 16.7. The SMILES string of the molecule is O=C(NCC1CC1)c1noc2c1CN(S(=O)(=O)c1cccs1)CC2. The molecule has 4 rings (SSSR count). The van der Waals surface area contributed by atoms with E-state index in [9.17, 15) is 13.2 Å². The Kier molecular flexibility index (Phi) is 3.93. The Morgan fingerprint density at radius 2 is 2.29 bits per heavy atom. The molecule has 0 radical (unpaired) electrons. The van der Waals surface area contributed by atoms with Crippen LogP contribution in [0.15, 0.2) is 26.2 Å². The van der Waals surface area contributed by atoms with E-state index in [1.807, 2.05) is 0 Å². The number of nitrogens with one attached hydrogen (secondary N) is 1. The van der Waals surface area contributed by atoms with Crippen LogP contribution in [0, 0.1) is 5.92 Å². The first kappa shape index (κ1) is 15.8. The molecule has 0 atom stereocenters. The maximum Gasteiger partial charge on any atom is 0.273 e. The van der Waals surface area contributed by atoms with Crippen LogP contribution in [0.5, 0.6) is 0 Å². The molecule has 128 valence electrons. The molecular weight excluding hydrogens is 350 g/mol. The molecule has 1 saturated carbocycles. The summed E-state index contributed by atoms with van der Waals surface area (Å²) in [5.41, 5.74) is 0.784. The maximum absolute atomic E-state index is 12.7. The van der Waals surface area contributed by atoms with E-state index in [2.05, 4.69) is 10.5 Å². The molecule has 1 amide bonds. The van der Waals surface area contributed by atoms with Crippen molar-refractivity contribution in [2.75, 3.05) is 13.1 Å².